The van der Waals surface area contributed by atoms with Crippen LogP contribution in [0.3, 0.4) is 0 Å². The average Bonchev–Trinajstić information content (AvgIpc) is 2.29. The van der Waals surface area contributed by atoms with Crippen molar-refractivity contribution in [3.63, 3.8) is 0 Å². The Bertz CT molecular complexity index is 411. The van der Waals surface area contributed by atoms with Crippen molar-refractivity contribution in [2.75, 3.05) is 12.3 Å². The molecule has 1 aromatic carbocycles. The summed E-state index contributed by atoms with van der Waals surface area (Å²) in [6, 6.07) is 7.38. The fourth-order valence-electron chi connectivity index (χ4n) is 1.08. The molecule has 1 aromatic rings. The van der Waals surface area contributed by atoms with Gasteiger partial charge in [-0.2, -0.15) is 0 Å². The second-order valence-corrected chi connectivity index (χ2v) is 4.74. The van der Waals surface area contributed by atoms with Gasteiger partial charge in [-0.3, -0.25) is 9.59 Å². The Morgan fingerprint density at radius 3 is 2.71 bits per heavy atom. The first-order valence-corrected chi connectivity index (χ1v) is 6.32. The maximum Gasteiger partial charge on any atom is 0.322 e. The lowest BCUT2D eigenvalue weighted by Crippen LogP contribution is -2.29. The van der Waals surface area contributed by atoms with E-state index in [1.165, 1.54) is 11.8 Å². The summed E-state index contributed by atoms with van der Waals surface area (Å²) in [5.41, 5.74) is 0. The summed E-state index contributed by atoms with van der Waals surface area (Å²) in [6.45, 7) is -0.338. The number of halogens is 1. The molecule has 0 aliphatic rings. The molecule has 0 radical (unpaired) electrons. The Hall–Kier alpha value is -1.20. The molecule has 1 rings (SSSR count). The largest absolute Gasteiger partial charge is 0.480 e. The van der Waals surface area contributed by atoms with Crippen molar-refractivity contribution in [3.05, 3.63) is 29.3 Å². The first-order valence-electron chi connectivity index (χ1n) is 4.95. The van der Waals surface area contributed by atoms with Crippen LogP contribution in [-0.4, -0.2) is 29.3 Å². The molecule has 0 saturated heterocycles. The quantitative estimate of drug-likeness (QED) is 0.778. The zero-order chi connectivity index (χ0) is 12.7. The molecule has 6 heteroatoms. The van der Waals surface area contributed by atoms with Crippen molar-refractivity contribution >= 4 is 35.2 Å². The molecule has 0 heterocycles. The standard InChI is InChI=1S/C11H12ClNO3S/c12-8-3-1-2-4-9(8)17-6-5-10(14)13-7-11(15)16/h1-4H,5-7H2,(H,13,14)(H,15,16). The van der Waals surface area contributed by atoms with Crippen LogP contribution >= 0.6 is 23.4 Å². The number of carbonyl (C=O) groups is 2. The summed E-state index contributed by atoms with van der Waals surface area (Å²) in [4.78, 5) is 22.3. The molecule has 0 bridgehead atoms. The molecule has 0 atom stereocenters. The van der Waals surface area contributed by atoms with E-state index in [2.05, 4.69) is 5.32 Å². The van der Waals surface area contributed by atoms with E-state index >= 15 is 0 Å². The van der Waals surface area contributed by atoms with Gasteiger partial charge in [-0.15, -0.1) is 11.8 Å². The van der Waals surface area contributed by atoms with Crippen LogP contribution in [0.4, 0.5) is 0 Å². The molecular formula is C11H12ClNO3S. The first kappa shape index (κ1) is 13.9. The van der Waals surface area contributed by atoms with Gasteiger partial charge >= 0.3 is 5.97 Å². The number of thioether (sulfide) groups is 1. The van der Waals surface area contributed by atoms with E-state index in [4.69, 9.17) is 16.7 Å². The smallest absolute Gasteiger partial charge is 0.322 e. The van der Waals surface area contributed by atoms with Crippen LogP contribution in [-0.2, 0) is 9.59 Å². The number of amides is 1. The zero-order valence-electron chi connectivity index (χ0n) is 8.98. The summed E-state index contributed by atoms with van der Waals surface area (Å²) in [5, 5.41) is 11.3. The summed E-state index contributed by atoms with van der Waals surface area (Å²) in [5.74, 6) is -0.751. The van der Waals surface area contributed by atoms with Gasteiger partial charge in [0.2, 0.25) is 5.91 Å². The second kappa shape index (κ2) is 7.19. The minimum Gasteiger partial charge on any atom is -0.480 e. The number of carboxylic acids is 1. The van der Waals surface area contributed by atoms with Gasteiger partial charge in [-0.25, -0.2) is 0 Å². The number of nitrogens with one attached hydrogen (secondary N) is 1. The second-order valence-electron chi connectivity index (χ2n) is 3.20. The van der Waals surface area contributed by atoms with Crippen molar-refractivity contribution in [3.8, 4) is 0 Å². The van der Waals surface area contributed by atoms with Gasteiger partial charge in [0.25, 0.3) is 0 Å². The van der Waals surface area contributed by atoms with Crippen molar-refractivity contribution in [2.24, 2.45) is 0 Å². The van der Waals surface area contributed by atoms with Gasteiger partial charge in [0.05, 0.1) is 5.02 Å². The van der Waals surface area contributed by atoms with Gasteiger partial charge in [-0.1, -0.05) is 23.7 Å². The highest BCUT2D eigenvalue weighted by molar-refractivity contribution is 7.99. The van der Waals surface area contributed by atoms with Crippen molar-refractivity contribution in [1.29, 1.82) is 0 Å². The molecule has 92 valence electrons. The number of carbonyl (C=O) groups excluding carboxylic acids is 1. The van der Waals surface area contributed by atoms with E-state index in [1.807, 2.05) is 18.2 Å². The Morgan fingerprint density at radius 2 is 2.06 bits per heavy atom. The van der Waals surface area contributed by atoms with E-state index in [9.17, 15) is 9.59 Å². The van der Waals surface area contributed by atoms with Crippen LogP contribution in [0.1, 0.15) is 6.42 Å². The Morgan fingerprint density at radius 1 is 1.35 bits per heavy atom. The predicted octanol–water partition coefficient (Wildman–Crippen LogP) is 2.02. The van der Waals surface area contributed by atoms with Gasteiger partial charge < -0.3 is 10.4 Å². The monoisotopic (exact) mass is 273 g/mol. The Labute approximate surface area is 108 Å². The number of benzene rings is 1. The van der Waals surface area contributed by atoms with Crippen LogP contribution in [0.25, 0.3) is 0 Å². The third-order valence-electron chi connectivity index (χ3n) is 1.86. The fourth-order valence-corrected chi connectivity index (χ4v) is 2.27. The SMILES string of the molecule is O=C(O)CNC(=O)CCSc1ccccc1Cl. The number of carboxylic acid groups (broad SMARTS) is 1. The zero-order valence-corrected chi connectivity index (χ0v) is 10.6. The molecule has 1 amide bonds. The van der Waals surface area contributed by atoms with Crippen LogP contribution in [0, 0.1) is 0 Å². The van der Waals surface area contributed by atoms with Gasteiger partial charge in [0.1, 0.15) is 6.54 Å². The average molecular weight is 274 g/mol. The third kappa shape index (κ3) is 5.60. The van der Waals surface area contributed by atoms with Gasteiger partial charge in [-0.05, 0) is 12.1 Å². The summed E-state index contributed by atoms with van der Waals surface area (Å²) >= 11 is 7.41. The normalized spacial score (nSPS) is 9.94. The predicted molar refractivity (Wildman–Crippen MR) is 67.4 cm³/mol. The Kier molecular flexibility index (Phi) is 5.86. The number of hydrogen-bond donors (Lipinski definition) is 2. The minimum absolute atomic E-state index is 0.267. The fraction of sp³-hybridized carbons (Fsp3) is 0.273. The van der Waals surface area contributed by atoms with E-state index in [0.29, 0.717) is 10.8 Å². The minimum atomic E-state index is -1.04. The molecule has 2 N–H and O–H groups in total. The highest BCUT2D eigenvalue weighted by Gasteiger charge is 2.05. The lowest BCUT2D eigenvalue weighted by atomic mass is 10.4. The summed E-state index contributed by atoms with van der Waals surface area (Å²) in [7, 11) is 0. The lowest BCUT2D eigenvalue weighted by Gasteiger charge is -2.04. The molecule has 0 saturated carbocycles. The van der Waals surface area contributed by atoms with Crippen molar-refractivity contribution < 1.29 is 14.7 Å². The molecule has 0 unspecified atom stereocenters. The summed E-state index contributed by atoms with van der Waals surface area (Å²) in [6.07, 6.45) is 0.267. The van der Waals surface area contributed by atoms with E-state index in [-0.39, 0.29) is 18.9 Å². The molecule has 4 nitrogen and oxygen atoms in total. The maximum atomic E-state index is 11.2. The topological polar surface area (TPSA) is 66.4 Å². The molecular weight excluding hydrogens is 262 g/mol. The summed E-state index contributed by atoms with van der Waals surface area (Å²) < 4.78 is 0. The highest BCUT2D eigenvalue weighted by Crippen LogP contribution is 2.26. The van der Waals surface area contributed by atoms with Crippen LogP contribution in [0.5, 0.6) is 0 Å². The highest BCUT2D eigenvalue weighted by atomic mass is 35.5. The van der Waals surface area contributed by atoms with Crippen LogP contribution in [0.2, 0.25) is 5.02 Å². The maximum absolute atomic E-state index is 11.2. The van der Waals surface area contributed by atoms with Crippen LogP contribution < -0.4 is 5.32 Å². The first-order chi connectivity index (χ1) is 8.09. The van der Waals surface area contributed by atoms with Crippen LogP contribution in [0.15, 0.2) is 29.2 Å². The third-order valence-corrected chi connectivity index (χ3v) is 3.38. The van der Waals surface area contributed by atoms with Crippen molar-refractivity contribution in [2.45, 2.75) is 11.3 Å². The van der Waals surface area contributed by atoms with E-state index in [0.717, 1.165) is 4.90 Å². The molecule has 0 spiro atoms. The van der Waals surface area contributed by atoms with Crippen molar-refractivity contribution in [1.82, 2.24) is 5.32 Å². The molecule has 0 fully saturated rings. The van der Waals surface area contributed by atoms with Gasteiger partial charge in [0.15, 0.2) is 0 Å². The molecule has 0 aromatic heterocycles. The van der Waals surface area contributed by atoms with E-state index in [1.54, 1.807) is 6.07 Å². The molecule has 0 aliphatic carbocycles. The number of hydrogen-bond acceptors (Lipinski definition) is 3. The number of aliphatic carboxylic acids is 1. The molecule has 17 heavy (non-hydrogen) atoms. The molecule has 0 aliphatic heterocycles. The van der Waals surface area contributed by atoms with E-state index < -0.39 is 5.97 Å². The Balaban J connectivity index is 2.26. The van der Waals surface area contributed by atoms with Gasteiger partial charge in [0, 0.05) is 17.1 Å². The number of rotatable bonds is 6. The lowest BCUT2D eigenvalue weighted by molar-refractivity contribution is -0.137.